The van der Waals surface area contributed by atoms with E-state index >= 15 is 0 Å². The topological polar surface area (TPSA) is 45.0 Å². The van der Waals surface area contributed by atoms with Crippen molar-refractivity contribution in [3.8, 4) is 11.8 Å². The molecule has 0 aromatic heterocycles. The lowest BCUT2D eigenvalue weighted by Crippen LogP contribution is -1.97. The largest absolute Gasteiger partial charge is 0.497 e. The molecule has 3 nitrogen and oxygen atoms in total. The monoisotopic (exact) mass is 242 g/mol. The summed E-state index contributed by atoms with van der Waals surface area (Å²) in [4.78, 5) is 0. The molecule has 90 valence electrons. The van der Waals surface area contributed by atoms with Gasteiger partial charge in [0.15, 0.2) is 0 Å². The van der Waals surface area contributed by atoms with Gasteiger partial charge in [-0.2, -0.15) is 5.26 Å². The van der Waals surface area contributed by atoms with E-state index in [0.717, 1.165) is 0 Å². The molecule has 0 aliphatic carbocycles. The molecule has 2 rings (SSSR count). The average Bonchev–Trinajstić information content (AvgIpc) is 2.41. The summed E-state index contributed by atoms with van der Waals surface area (Å²) < 4.78 is 18.6. The lowest BCUT2D eigenvalue weighted by molar-refractivity contribution is 0.415. The van der Waals surface area contributed by atoms with Crippen molar-refractivity contribution in [2.75, 3.05) is 12.4 Å². The van der Waals surface area contributed by atoms with E-state index in [1.807, 2.05) is 6.07 Å². The number of benzene rings is 2. The molecule has 1 N–H and O–H groups in total. The third kappa shape index (κ3) is 2.41. The first kappa shape index (κ1) is 11.9. The molecule has 0 aliphatic rings. The first-order valence-corrected chi connectivity index (χ1v) is 5.34. The highest BCUT2D eigenvalue weighted by molar-refractivity contribution is 5.68. The van der Waals surface area contributed by atoms with Gasteiger partial charge in [-0.3, -0.25) is 0 Å². The van der Waals surface area contributed by atoms with Crippen LogP contribution >= 0.6 is 0 Å². The summed E-state index contributed by atoms with van der Waals surface area (Å²) in [6.45, 7) is 0. The van der Waals surface area contributed by atoms with E-state index < -0.39 is 0 Å². The van der Waals surface area contributed by atoms with Gasteiger partial charge in [0.25, 0.3) is 0 Å². The molecule has 0 unspecified atom stereocenters. The van der Waals surface area contributed by atoms with E-state index in [-0.39, 0.29) is 5.82 Å². The van der Waals surface area contributed by atoms with Crippen LogP contribution in [0.4, 0.5) is 15.8 Å². The minimum absolute atomic E-state index is 0.322. The van der Waals surface area contributed by atoms with Gasteiger partial charge in [-0.15, -0.1) is 0 Å². The molecule has 0 bridgehead atoms. The molecule has 0 atom stereocenters. The summed E-state index contributed by atoms with van der Waals surface area (Å²) in [5.74, 6) is 0.233. The Kier molecular flexibility index (Phi) is 3.44. The van der Waals surface area contributed by atoms with Gasteiger partial charge in [-0.25, -0.2) is 4.39 Å². The molecule has 0 heterocycles. The fourth-order valence-electron chi connectivity index (χ4n) is 1.56. The van der Waals surface area contributed by atoms with Crippen LogP contribution < -0.4 is 10.1 Å². The highest BCUT2D eigenvalue weighted by atomic mass is 19.1. The summed E-state index contributed by atoms with van der Waals surface area (Å²) in [6, 6.07) is 13.3. The Bertz CT molecular complexity index is 605. The Morgan fingerprint density at radius 3 is 2.61 bits per heavy atom. The molecule has 2 aromatic rings. The highest BCUT2D eigenvalue weighted by Crippen LogP contribution is 2.26. The van der Waals surface area contributed by atoms with Crippen LogP contribution in [-0.2, 0) is 0 Å². The number of nitriles is 1. The summed E-state index contributed by atoms with van der Waals surface area (Å²) in [5.41, 5.74) is 1.27. The first-order chi connectivity index (χ1) is 8.74. The Hall–Kier alpha value is -2.54. The predicted octanol–water partition coefficient (Wildman–Crippen LogP) is 3.45. The van der Waals surface area contributed by atoms with Gasteiger partial charge in [-0.05, 0) is 24.3 Å². The zero-order valence-electron chi connectivity index (χ0n) is 9.77. The SMILES string of the molecule is COc1ccc(C#N)c(Nc2ccccc2F)c1. The quantitative estimate of drug-likeness (QED) is 0.896. The Morgan fingerprint density at radius 2 is 1.94 bits per heavy atom. The van der Waals surface area contributed by atoms with Gasteiger partial charge in [0, 0.05) is 6.07 Å². The number of anilines is 2. The van der Waals surface area contributed by atoms with Gasteiger partial charge in [0.1, 0.15) is 17.6 Å². The van der Waals surface area contributed by atoms with Crippen LogP contribution in [0.25, 0.3) is 0 Å². The number of halogens is 1. The summed E-state index contributed by atoms with van der Waals surface area (Å²) in [6.07, 6.45) is 0. The van der Waals surface area contributed by atoms with Gasteiger partial charge in [-0.1, -0.05) is 12.1 Å². The first-order valence-electron chi connectivity index (χ1n) is 5.34. The molecule has 0 spiro atoms. The predicted molar refractivity (Wildman–Crippen MR) is 67.4 cm³/mol. The minimum Gasteiger partial charge on any atom is -0.497 e. The molecule has 4 heteroatoms. The van der Waals surface area contributed by atoms with Gasteiger partial charge in [0.05, 0.1) is 24.0 Å². The number of hydrogen-bond acceptors (Lipinski definition) is 3. The minimum atomic E-state index is -0.371. The van der Waals surface area contributed by atoms with Crippen molar-refractivity contribution >= 4 is 11.4 Å². The maximum Gasteiger partial charge on any atom is 0.146 e. The molecule has 0 amide bonds. The number of nitrogens with one attached hydrogen (secondary N) is 1. The van der Waals surface area contributed by atoms with Crippen LogP contribution in [0.5, 0.6) is 5.75 Å². The number of ether oxygens (including phenoxy) is 1. The molecule has 2 aromatic carbocycles. The van der Waals surface area contributed by atoms with E-state index in [1.165, 1.54) is 13.2 Å². The summed E-state index contributed by atoms with van der Waals surface area (Å²) in [5, 5.41) is 11.9. The van der Waals surface area contributed by atoms with Crippen molar-refractivity contribution in [3.05, 3.63) is 53.8 Å². The van der Waals surface area contributed by atoms with Crippen LogP contribution in [0, 0.1) is 17.1 Å². The third-order valence-electron chi connectivity index (χ3n) is 2.49. The Balaban J connectivity index is 2.39. The fourth-order valence-corrected chi connectivity index (χ4v) is 1.56. The van der Waals surface area contributed by atoms with Crippen LogP contribution in [0.3, 0.4) is 0 Å². The standard InChI is InChI=1S/C14H11FN2O/c1-18-11-7-6-10(9-16)14(8-11)17-13-5-3-2-4-12(13)15/h2-8,17H,1H3. The zero-order valence-corrected chi connectivity index (χ0v) is 9.77. The molecular weight excluding hydrogens is 231 g/mol. The van der Waals surface area contributed by atoms with Gasteiger partial charge < -0.3 is 10.1 Å². The van der Waals surface area contributed by atoms with Crippen LogP contribution in [-0.4, -0.2) is 7.11 Å². The molecule has 0 saturated carbocycles. The average molecular weight is 242 g/mol. The van der Waals surface area contributed by atoms with E-state index in [0.29, 0.717) is 22.7 Å². The number of nitrogens with zero attached hydrogens (tertiary/aromatic N) is 1. The second kappa shape index (κ2) is 5.19. The van der Waals surface area contributed by atoms with Crippen LogP contribution in [0.2, 0.25) is 0 Å². The second-order valence-corrected chi connectivity index (χ2v) is 3.63. The molecular formula is C14H11FN2O. The smallest absolute Gasteiger partial charge is 0.146 e. The van der Waals surface area contributed by atoms with Crippen LogP contribution in [0.15, 0.2) is 42.5 Å². The molecule has 18 heavy (non-hydrogen) atoms. The Morgan fingerprint density at radius 1 is 1.17 bits per heavy atom. The highest BCUT2D eigenvalue weighted by Gasteiger charge is 2.07. The maximum atomic E-state index is 13.5. The van der Waals surface area contributed by atoms with Crippen molar-refractivity contribution in [3.63, 3.8) is 0 Å². The lowest BCUT2D eigenvalue weighted by atomic mass is 10.1. The van der Waals surface area contributed by atoms with E-state index in [9.17, 15) is 4.39 Å². The fraction of sp³-hybridized carbons (Fsp3) is 0.0714. The van der Waals surface area contributed by atoms with E-state index in [1.54, 1.807) is 36.4 Å². The van der Waals surface area contributed by atoms with Crippen molar-refractivity contribution < 1.29 is 9.13 Å². The maximum absolute atomic E-state index is 13.5. The van der Waals surface area contributed by atoms with Crippen LogP contribution in [0.1, 0.15) is 5.56 Å². The number of rotatable bonds is 3. The molecule has 0 saturated heterocycles. The molecule has 0 radical (unpaired) electrons. The molecule has 0 aliphatic heterocycles. The van der Waals surface area contributed by atoms with E-state index in [2.05, 4.69) is 5.32 Å². The van der Waals surface area contributed by atoms with Gasteiger partial charge >= 0.3 is 0 Å². The van der Waals surface area contributed by atoms with Crippen molar-refractivity contribution in [2.45, 2.75) is 0 Å². The third-order valence-corrected chi connectivity index (χ3v) is 2.49. The van der Waals surface area contributed by atoms with E-state index in [4.69, 9.17) is 10.00 Å². The zero-order chi connectivity index (χ0) is 13.0. The molecule has 0 fully saturated rings. The summed E-state index contributed by atoms with van der Waals surface area (Å²) >= 11 is 0. The summed E-state index contributed by atoms with van der Waals surface area (Å²) in [7, 11) is 1.54. The number of hydrogen-bond donors (Lipinski definition) is 1. The number of methoxy groups -OCH3 is 1. The Labute approximate surface area is 104 Å². The van der Waals surface area contributed by atoms with Crippen molar-refractivity contribution in [1.82, 2.24) is 0 Å². The normalized spacial score (nSPS) is 9.61. The van der Waals surface area contributed by atoms with Gasteiger partial charge in [0.2, 0.25) is 0 Å². The van der Waals surface area contributed by atoms with Crippen molar-refractivity contribution in [1.29, 1.82) is 5.26 Å². The second-order valence-electron chi connectivity index (χ2n) is 3.63. The number of para-hydroxylation sites is 1. The van der Waals surface area contributed by atoms with Crippen molar-refractivity contribution in [2.24, 2.45) is 0 Å². The lowest BCUT2D eigenvalue weighted by Gasteiger charge is -2.10.